The van der Waals surface area contributed by atoms with Crippen LogP contribution in [0.3, 0.4) is 0 Å². The number of aliphatic hydroxyl groups is 1. The third-order valence-corrected chi connectivity index (χ3v) is 4.94. The summed E-state index contributed by atoms with van der Waals surface area (Å²) in [5.74, 6) is 0.705. The summed E-state index contributed by atoms with van der Waals surface area (Å²) in [6.07, 6.45) is 0.954. The highest BCUT2D eigenvalue weighted by Gasteiger charge is 2.24. The summed E-state index contributed by atoms with van der Waals surface area (Å²) in [6.45, 7) is 5.47. The lowest BCUT2D eigenvalue weighted by atomic mass is 10.2. The van der Waals surface area contributed by atoms with Gasteiger partial charge in [0.2, 0.25) is 0 Å². The van der Waals surface area contributed by atoms with Crippen molar-refractivity contribution in [3.05, 3.63) is 46.0 Å². The number of β-amino-alcohol motifs (C(OH)–C–C–N with tert-alkyl or cyclic N) is 1. The lowest BCUT2D eigenvalue weighted by molar-refractivity contribution is 0.0489. The van der Waals surface area contributed by atoms with Gasteiger partial charge < -0.3 is 14.4 Å². The number of amides is 1. The van der Waals surface area contributed by atoms with E-state index in [-0.39, 0.29) is 18.3 Å². The molecule has 0 spiro atoms. The molecule has 1 atom stereocenters. The van der Waals surface area contributed by atoms with Crippen molar-refractivity contribution in [2.45, 2.75) is 13.0 Å². The number of carbonyl (C=O) groups is 1. The van der Waals surface area contributed by atoms with Crippen molar-refractivity contribution in [3.63, 3.8) is 0 Å². The summed E-state index contributed by atoms with van der Waals surface area (Å²) in [4.78, 5) is 17.2. The minimum absolute atomic E-state index is 0. The van der Waals surface area contributed by atoms with Gasteiger partial charge in [-0.3, -0.25) is 9.69 Å². The molecule has 1 N–H and O–H groups in total. The molecule has 0 radical (unpaired) electrons. The van der Waals surface area contributed by atoms with Gasteiger partial charge in [0.25, 0.3) is 5.91 Å². The minimum Gasteiger partial charge on any atom is -0.467 e. The van der Waals surface area contributed by atoms with E-state index in [0.717, 1.165) is 23.5 Å². The zero-order chi connectivity index (χ0) is 15.5. The van der Waals surface area contributed by atoms with Crippen LogP contribution in [0, 0.1) is 6.92 Å². The molecular formula is C16H21ClN2O3S. The normalized spacial score (nSPS) is 16.9. The van der Waals surface area contributed by atoms with Gasteiger partial charge in [-0.15, -0.1) is 23.7 Å². The Morgan fingerprint density at radius 2 is 2.13 bits per heavy atom. The van der Waals surface area contributed by atoms with E-state index in [1.165, 1.54) is 11.3 Å². The quantitative estimate of drug-likeness (QED) is 0.914. The fourth-order valence-electron chi connectivity index (χ4n) is 2.65. The zero-order valence-corrected chi connectivity index (χ0v) is 14.6. The van der Waals surface area contributed by atoms with E-state index >= 15 is 0 Å². The molecule has 1 fully saturated rings. The highest BCUT2D eigenvalue weighted by Crippen LogP contribution is 2.19. The van der Waals surface area contributed by atoms with E-state index in [9.17, 15) is 9.90 Å². The highest BCUT2D eigenvalue weighted by molar-refractivity contribution is 7.12. The number of hydrogen-bond donors (Lipinski definition) is 1. The lowest BCUT2D eigenvalue weighted by Gasteiger charge is -2.35. The van der Waals surface area contributed by atoms with Crippen molar-refractivity contribution in [1.82, 2.24) is 9.80 Å². The number of halogens is 1. The summed E-state index contributed by atoms with van der Waals surface area (Å²) in [5, 5.41) is 12.1. The first-order valence-corrected chi connectivity index (χ1v) is 8.29. The Morgan fingerprint density at radius 3 is 2.70 bits per heavy atom. The number of hydrogen-bond acceptors (Lipinski definition) is 5. The number of piperazine rings is 1. The molecule has 5 nitrogen and oxygen atoms in total. The highest BCUT2D eigenvalue weighted by atomic mass is 35.5. The van der Waals surface area contributed by atoms with Crippen molar-refractivity contribution < 1.29 is 14.3 Å². The van der Waals surface area contributed by atoms with Crippen LogP contribution in [0.1, 0.15) is 27.1 Å². The summed E-state index contributed by atoms with van der Waals surface area (Å²) in [7, 11) is 0. The van der Waals surface area contributed by atoms with Crippen molar-refractivity contribution in [1.29, 1.82) is 0 Å². The van der Waals surface area contributed by atoms with Crippen molar-refractivity contribution in [2.75, 3.05) is 32.7 Å². The Morgan fingerprint density at radius 1 is 1.39 bits per heavy atom. The summed E-state index contributed by atoms with van der Waals surface area (Å²) in [6, 6.07) is 5.50. The van der Waals surface area contributed by atoms with Crippen LogP contribution in [0.25, 0.3) is 0 Å². The predicted molar refractivity (Wildman–Crippen MR) is 92.3 cm³/mol. The Kier molecular flexibility index (Phi) is 6.24. The first kappa shape index (κ1) is 18.0. The molecule has 1 unspecified atom stereocenters. The van der Waals surface area contributed by atoms with Crippen molar-refractivity contribution in [2.24, 2.45) is 0 Å². The molecule has 1 amide bonds. The minimum atomic E-state index is -0.614. The largest absolute Gasteiger partial charge is 0.467 e. The lowest BCUT2D eigenvalue weighted by Crippen LogP contribution is -2.49. The average molecular weight is 357 g/mol. The Balaban J connectivity index is 0.00000192. The second-order valence-corrected chi connectivity index (χ2v) is 6.52. The van der Waals surface area contributed by atoms with Crippen molar-refractivity contribution >= 4 is 29.7 Å². The summed E-state index contributed by atoms with van der Waals surface area (Å²) < 4.78 is 5.22. The molecule has 0 aromatic carbocycles. The van der Waals surface area contributed by atoms with Crippen LogP contribution in [0.15, 0.2) is 34.3 Å². The third-order valence-electron chi connectivity index (χ3n) is 3.90. The van der Waals surface area contributed by atoms with E-state index in [1.807, 2.05) is 23.3 Å². The van der Waals surface area contributed by atoms with Crippen LogP contribution < -0.4 is 0 Å². The van der Waals surface area contributed by atoms with E-state index in [1.54, 1.807) is 18.4 Å². The van der Waals surface area contributed by atoms with Gasteiger partial charge in [0.05, 0.1) is 11.1 Å². The molecule has 0 bridgehead atoms. The smallest absolute Gasteiger partial charge is 0.264 e. The van der Waals surface area contributed by atoms with Gasteiger partial charge in [0.1, 0.15) is 11.9 Å². The van der Waals surface area contributed by atoms with Crippen LogP contribution in [-0.4, -0.2) is 53.5 Å². The molecule has 1 saturated heterocycles. The average Bonchev–Trinajstić information content (AvgIpc) is 3.18. The van der Waals surface area contributed by atoms with E-state index < -0.39 is 6.10 Å². The number of aliphatic hydroxyl groups excluding tert-OH is 1. The maximum Gasteiger partial charge on any atom is 0.264 e. The van der Waals surface area contributed by atoms with Gasteiger partial charge >= 0.3 is 0 Å². The first-order chi connectivity index (χ1) is 10.6. The topological polar surface area (TPSA) is 56.9 Å². The standard InChI is InChI=1S/C16H20N2O3S.ClH/c1-12-9-15(22-11-12)16(20)18-6-4-17(5-7-18)10-13(19)14-3-2-8-21-14;/h2-3,8-9,11,13,19H,4-7,10H2,1H3;1H. The number of nitrogens with zero attached hydrogens (tertiary/aromatic N) is 2. The molecule has 3 rings (SSSR count). The van der Waals surface area contributed by atoms with Gasteiger partial charge in [-0.25, -0.2) is 0 Å². The number of aryl methyl sites for hydroxylation is 1. The van der Waals surface area contributed by atoms with Crippen LogP contribution in [0.4, 0.5) is 0 Å². The number of carbonyl (C=O) groups excluding carboxylic acids is 1. The maximum atomic E-state index is 12.4. The Labute approximate surface area is 145 Å². The fraction of sp³-hybridized carbons (Fsp3) is 0.438. The monoisotopic (exact) mass is 356 g/mol. The molecule has 3 heterocycles. The SMILES string of the molecule is Cc1csc(C(=O)N2CCN(CC(O)c3ccco3)CC2)c1.Cl. The predicted octanol–water partition coefficient (Wildman–Crippen LogP) is 2.56. The van der Waals surface area contributed by atoms with E-state index in [0.29, 0.717) is 25.4 Å². The van der Waals surface area contributed by atoms with E-state index in [2.05, 4.69) is 4.90 Å². The molecule has 0 aliphatic carbocycles. The molecule has 126 valence electrons. The van der Waals surface area contributed by atoms with E-state index in [4.69, 9.17) is 4.42 Å². The molecule has 0 saturated carbocycles. The fourth-order valence-corrected chi connectivity index (χ4v) is 3.51. The second kappa shape index (κ2) is 7.97. The van der Waals surface area contributed by atoms with Crippen LogP contribution in [-0.2, 0) is 0 Å². The Hall–Kier alpha value is -1.34. The Bertz CT molecular complexity index is 621. The van der Waals surface area contributed by atoms with Gasteiger partial charge in [-0.1, -0.05) is 0 Å². The number of furan rings is 1. The summed E-state index contributed by atoms with van der Waals surface area (Å²) in [5.41, 5.74) is 1.13. The summed E-state index contributed by atoms with van der Waals surface area (Å²) >= 11 is 1.50. The molecule has 2 aromatic heterocycles. The number of thiophene rings is 1. The van der Waals surface area contributed by atoms with Gasteiger partial charge in [-0.05, 0) is 36.1 Å². The number of rotatable bonds is 4. The van der Waals surface area contributed by atoms with Gasteiger partial charge in [0.15, 0.2) is 0 Å². The van der Waals surface area contributed by atoms with Crippen LogP contribution >= 0.6 is 23.7 Å². The van der Waals surface area contributed by atoms with Crippen LogP contribution in [0.2, 0.25) is 0 Å². The van der Waals surface area contributed by atoms with Crippen molar-refractivity contribution in [3.8, 4) is 0 Å². The third kappa shape index (κ3) is 4.35. The molecular weight excluding hydrogens is 336 g/mol. The zero-order valence-electron chi connectivity index (χ0n) is 13.0. The molecule has 7 heteroatoms. The molecule has 2 aromatic rings. The maximum absolute atomic E-state index is 12.4. The van der Waals surface area contributed by atoms with Crippen LogP contribution in [0.5, 0.6) is 0 Å². The molecule has 1 aliphatic rings. The molecule has 23 heavy (non-hydrogen) atoms. The first-order valence-electron chi connectivity index (χ1n) is 7.42. The second-order valence-electron chi connectivity index (χ2n) is 5.61. The molecule has 1 aliphatic heterocycles. The van der Waals surface area contributed by atoms with Gasteiger partial charge in [-0.2, -0.15) is 0 Å². The van der Waals surface area contributed by atoms with Gasteiger partial charge in [0, 0.05) is 32.7 Å².